The number of carbonyl (C=O) groups is 1. The summed E-state index contributed by atoms with van der Waals surface area (Å²) in [5, 5.41) is 3.34. The van der Waals surface area contributed by atoms with E-state index in [-0.39, 0.29) is 0 Å². The van der Waals surface area contributed by atoms with Gasteiger partial charge < -0.3 is 5.32 Å². The van der Waals surface area contributed by atoms with E-state index in [0.717, 1.165) is 28.6 Å². The van der Waals surface area contributed by atoms with Crippen LogP contribution in [0.25, 0.3) is 10.9 Å². The first-order chi connectivity index (χ1) is 12.4. The van der Waals surface area contributed by atoms with Gasteiger partial charge in [-0.25, -0.2) is 18.2 Å². The molecule has 0 unspecified atom stereocenters. The van der Waals surface area contributed by atoms with Crippen LogP contribution in [0.1, 0.15) is 12.5 Å². The van der Waals surface area contributed by atoms with Crippen LogP contribution < -0.4 is 5.32 Å². The lowest BCUT2D eigenvalue weighted by Gasteiger charge is -2.13. The van der Waals surface area contributed by atoms with Gasteiger partial charge >= 0.3 is 0 Å². The Morgan fingerprint density at radius 3 is 2.62 bits per heavy atom. The Kier molecular flexibility index (Phi) is 5.18. The van der Waals surface area contributed by atoms with Gasteiger partial charge in [-0.15, -0.1) is 0 Å². The summed E-state index contributed by atoms with van der Waals surface area (Å²) in [5.74, 6) is -4.88. The highest BCUT2D eigenvalue weighted by atomic mass is 32.2. The van der Waals surface area contributed by atoms with Crippen molar-refractivity contribution in [1.29, 1.82) is 0 Å². The summed E-state index contributed by atoms with van der Waals surface area (Å²) in [4.78, 5) is 16.8. The number of rotatable bonds is 4. The highest BCUT2D eigenvalue weighted by molar-refractivity contribution is 8.00. The number of nitrogens with zero attached hydrogens (tertiary/aromatic N) is 1. The summed E-state index contributed by atoms with van der Waals surface area (Å²) < 4.78 is 39.9. The number of anilines is 1. The van der Waals surface area contributed by atoms with Crippen LogP contribution in [0.4, 0.5) is 18.9 Å². The Morgan fingerprint density at radius 2 is 1.85 bits per heavy atom. The first-order valence-corrected chi connectivity index (χ1v) is 8.72. The molecule has 3 nitrogen and oxygen atoms in total. The Morgan fingerprint density at radius 1 is 1.12 bits per heavy atom. The Balaban J connectivity index is 1.77. The van der Waals surface area contributed by atoms with Crippen LogP contribution in [0.2, 0.25) is 0 Å². The van der Waals surface area contributed by atoms with E-state index in [2.05, 4.69) is 10.3 Å². The second-order valence-electron chi connectivity index (χ2n) is 5.77. The van der Waals surface area contributed by atoms with Gasteiger partial charge in [0.1, 0.15) is 0 Å². The zero-order valence-corrected chi connectivity index (χ0v) is 14.8. The minimum Gasteiger partial charge on any atom is -0.323 e. The van der Waals surface area contributed by atoms with Crippen molar-refractivity contribution in [2.45, 2.75) is 24.1 Å². The molecule has 0 radical (unpaired) electrons. The molecule has 1 N–H and O–H groups in total. The molecule has 0 spiro atoms. The third-order valence-corrected chi connectivity index (χ3v) is 4.88. The Labute approximate surface area is 152 Å². The average Bonchev–Trinajstić information content (AvgIpc) is 2.62. The molecule has 0 bridgehead atoms. The maximum atomic E-state index is 13.7. The molecule has 7 heteroatoms. The summed E-state index contributed by atoms with van der Waals surface area (Å²) in [7, 11) is 0. The van der Waals surface area contributed by atoms with Gasteiger partial charge in [0, 0.05) is 5.39 Å². The number of para-hydroxylation sites is 1. The SMILES string of the molecule is Cc1cc(S[C@H](C)C(=O)Nc2ccc(F)c(F)c2F)nc2ccccc12. The largest absolute Gasteiger partial charge is 0.323 e. The minimum atomic E-state index is -1.62. The first-order valence-electron chi connectivity index (χ1n) is 7.84. The first kappa shape index (κ1) is 18.3. The van der Waals surface area contributed by atoms with E-state index in [1.54, 1.807) is 6.92 Å². The topological polar surface area (TPSA) is 42.0 Å². The number of amides is 1. The van der Waals surface area contributed by atoms with E-state index in [1.807, 2.05) is 37.3 Å². The monoisotopic (exact) mass is 376 g/mol. The molecule has 0 saturated carbocycles. The zero-order valence-electron chi connectivity index (χ0n) is 14.0. The van der Waals surface area contributed by atoms with Crippen LogP contribution in [0.15, 0.2) is 47.5 Å². The lowest BCUT2D eigenvalue weighted by Crippen LogP contribution is -2.23. The highest BCUT2D eigenvalue weighted by Crippen LogP contribution is 2.28. The van der Waals surface area contributed by atoms with Crippen LogP contribution in [0.3, 0.4) is 0 Å². The average molecular weight is 376 g/mol. The number of aryl methyl sites for hydroxylation is 1. The molecule has 2 aromatic carbocycles. The van der Waals surface area contributed by atoms with E-state index >= 15 is 0 Å². The molecule has 0 aliphatic heterocycles. The van der Waals surface area contributed by atoms with Crippen molar-refractivity contribution in [3.05, 3.63) is 65.5 Å². The fraction of sp³-hybridized carbons (Fsp3) is 0.158. The van der Waals surface area contributed by atoms with E-state index in [1.165, 1.54) is 11.8 Å². The molecular formula is C19H15F3N2OS. The molecule has 0 saturated heterocycles. The molecule has 1 heterocycles. The number of nitrogens with one attached hydrogen (secondary N) is 1. The molecule has 134 valence electrons. The summed E-state index contributed by atoms with van der Waals surface area (Å²) in [5.41, 5.74) is 1.44. The lowest BCUT2D eigenvalue weighted by molar-refractivity contribution is -0.115. The quantitative estimate of drug-likeness (QED) is 0.510. The zero-order chi connectivity index (χ0) is 18.8. The molecule has 26 heavy (non-hydrogen) atoms. The van der Waals surface area contributed by atoms with Gasteiger partial charge in [0.2, 0.25) is 5.91 Å². The molecule has 0 aliphatic carbocycles. The smallest absolute Gasteiger partial charge is 0.237 e. The van der Waals surface area contributed by atoms with E-state index in [0.29, 0.717) is 5.03 Å². The number of hydrogen-bond acceptors (Lipinski definition) is 3. The van der Waals surface area contributed by atoms with Crippen molar-refractivity contribution in [2.24, 2.45) is 0 Å². The summed E-state index contributed by atoms with van der Waals surface area (Å²) in [6.45, 7) is 3.58. The molecule has 0 aliphatic rings. The molecule has 0 fully saturated rings. The van der Waals surface area contributed by atoms with Crippen molar-refractivity contribution in [2.75, 3.05) is 5.32 Å². The number of pyridine rings is 1. The number of hydrogen-bond donors (Lipinski definition) is 1. The van der Waals surface area contributed by atoms with Crippen molar-refractivity contribution in [3.8, 4) is 0 Å². The van der Waals surface area contributed by atoms with Gasteiger partial charge in [-0.2, -0.15) is 0 Å². The summed E-state index contributed by atoms with van der Waals surface area (Å²) in [6, 6.07) is 11.3. The predicted molar refractivity (Wildman–Crippen MR) is 96.7 cm³/mol. The number of benzene rings is 2. The number of aromatic nitrogens is 1. The van der Waals surface area contributed by atoms with Gasteiger partial charge in [0.25, 0.3) is 0 Å². The van der Waals surface area contributed by atoms with Gasteiger partial charge in [-0.05, 0) is 43.7 Å². The molecule has 1 aromatic heterocycles. The van der Waals surface area contributed by atoms with Crippen LogP contribution in [0, 0.1) is 24.4 Å². The highest BCUT2D eigenvalue weighted by Gasteiger charge is 2.20. The predicted octanol–water partition coefficient (Wildman–Crippen LogP) is 5.08. The van der Waals surface area contributed by atoms with Crippen LogP contribution in [0.5, 0.6) is 0 Å². The third-order valence-electron chi connectivity index (χ3n) is 3.86. The number of thioether (sulfide) groups is 1. The van der Waals surface area contributed by atoms with Crippen LogP contribution >= 0.6 is 11.8 Å². The maximum absolute atomic E-state index is 13.7. The standard InChI is InChI=1S/C19H15F3N2OS/c1-10-9-16(23-14-6-4-3-5-12(10)14)26-11(2)19(25)24-15-8-7-13(20)17(21)18(15)22/h3-9,11H,1-2H3,(H,24,25)/t11-/m1/s1. The fourth-order valence-electron chi connectivity index (χ4n) is 2.47. The van der Waals surface area contributed by atoms with E-state index < -0.39 is 34.3 Å². The van der Waals surface area contributed by atoms with E-state index in [9.17, 15) is 18.0 Å². The van der Waals surface area contributed by atoms with Crippen molar-refractivity contribution < 1.29 is 18.0 Å². The second-order valence-corrected chi connectivity index (χ2v) is 7.13. The van der Waals surface area contributed by atoms with E-state index in [4.69, 9.17) is 0 Å². The second kappa shape index (κ2) is 7.37. The Bertz CT molecular complexity index is 994. The summed E-state index contributed by atoms with van der Waals surface area (Å²) >= 11 is 1.20. The van der Waals surface area contributed by atoms with Gasteiger partial charge in [0.05, 0.1) is 21.5 Å². The number of carbonyl (C=O) groups excluding carboxylic acids is 1. The van der Waals surface area contributed by atoms with Crippen molar-refractivity contribution in [3.63, 3.8) is 0 Å². The molecular weight excluding hydrogens is 361 g/mol. The minimum absolute atomic E-state index is 0.399. The molecule has 1 atom stereocenters. The maximum Gasteiger partial charge on any atom is 0.237 e. The van der Waals surface area contributed by atoms with Gasteiger partial charge in [-0.1, -0.05) is 30.0 Å². The number of fused-ring (bicyclic) bond motifs is 1. The van der Waals surface area contributed by atoms with Crippen molar-refractivity contribution in [1.82, 2.24) is 4.98 Å². The van der Waals surface area contributed by atoms with Crippen LogP contribution in [-0.4, -0.2) is 16.1 Å². The summed E-state index contributed by atoms with van der Waals surface area (Å²) in [6.07, 6.45) is 0. The van der Waals surface area contributed by atoms with Crippen molar-refractivity contribution >= 4 is 34.3 Å². The fourth-order valence-corrected chi connectivity index (χ4v) is 3.39. The van der Waals surface area contributed by atoms with Gasteiger partial charge in [0.15, 0.2) is 17.5 Å². The molecule has 3 aromatic rings. The lowest BCUT2D eigenvalue weighted by atomic mass is 10.1. The molecule has 1 amide bonds. The normalized spacial score (nSPS) is 12.2. The Hall–Kier alpha value is -2.54. The van der Waals surface area contributed by atoms with Crippen LogP contribution in [-0.2, 0) is 4.79 Å². The number of halogens is 3. The third kappa shape index (κ3) is 3.67. The molecule has 3 rings (SSSR count). The van der Waals surface area contributed by atoms with Gasteiger partial charge in [-0.3, -0.25) is 4.79 Å².